The number of carbonyl (C=O) groups excluding carboxylic acids is 2. The van der Waals surface area contributed by atoms with Gasteiger partial charge < -0.3 is 24.4 Å². The van der Waals surface area contributed by atoms with Crippen LogP contribution >= 0.6 is 0 Å². The molecule has 0 atom stereocenters. The first-order valence-corrected chi connectivity index (χ1v) is 13.2. The number of esters is 1. The lowest BCUT2D eigenvalue weighted by Gasteiger charge is -2.26. The average Bonchev–Trinajstić information content (AvgIpc) is 3.44. The topological polar surface area (TPSA) is 118 Å². The number of ether oxygens (including phenoxy) is 3. The van der Waals surface area contributed by atoms with Gasteiger partial charge in [0.1, 0.15) is 28.5 Å². The van der Waals surface area contributed by atoms with Gasteiger partial charge in [0.2, 0.25) is 0 Å². The number of aliphatic imine (C=N–C) groups is 1. The maximum Gasteiger partial charge on any atom is 0.311 e. The summed E-state index contributed by atoms with van der Waals surface area (Å²) in [6, 6.07) is 5.88. The molecule has 1 heterocycles. The van der Waals surface area contributed by atoms with Crippen LogP contribution in [0.3, 0.4) is 0 Å². The Morgan fingerprint density at radius 1 is 1.05 bits per heavy atom. The Hall–Kier alpha value is -3.04. The zero-order chi connectivity index (χ0) is 26.6. The van der Waals surface area contributed by atoms with Gasteiger partial charge in [-0.15, -0.1) is 0 Å². The van der Waals surface area contributed by atoms with Gasteiger partial charge in [-0.25, -0.2) is 4.99 Å². The van der Waals surface area contributed by atoms with Crippen LogP contribution in [0.5, 0.6) is 11.5 Å². The smallest absolute Gasteiger partial charge is 0.311 e. The van der Waals surface area contributed by atoms with Gasteiger partial charge in [0.15, 0.2) is 0 Å². The Kier molecular flexibility index (Phi) is 11.3. The second-order valence-corrected chi connectivity index (χ2v) is 9.65. The van der Waals surface area contributed by atoms with E-state index in [0.717, 1.165) is 58.2 Å². The molecule has 0 aromatic heterocycles. The predicted molar refractivity (Wildman–Crippen MR) is 143 cm³/mol. The van der Waals surface area contributed by atoms with Gasteiger partial charge in [-0.05, 0) is 70.2 Å². The number of nitrogens with one attached hydrogen (secondary N) is 1. The highest BCUT2D eigenvalue weighted by Crippen LogP contribution is 2.32. The molecule has 0 radical (unpaired) electrons. The standard InChI is InChI=1S/C28H40N4O5/c1-35-24-12-9-13-25(36-2)27(24)23(30-20-10-5-6-11-20)19-22(29)28(34)31-21(18-26(33)37-3)14-17-32-15-7-4-8-16-32/h9,12-13,19-20,29-30H,4-8,10-11,14-18H2,1-3H3/p+1. The normalized spacial score (nSPS) is 17.5. The van der Waals surface area contributed by atoms with Crippen molar-refractivity contribution in [2.75, 3.05) is 41.0 Å². The average molecular weight is 514 g/mol. The molecule has 3 rings (SSSR count). The molecule has 0 bridgehead atoms. The number of hydrogen-bond donors (Lipinski definition) is 2. The van der Waals surface area contributed by atoms with Crippen LogP contribution in [0.25, 0.3) is 5.70 Å². The fraction of sp³-hybridized carbons (Fsp3) is 0.571. The van der Waals surface area contributed by atoms with Crippen molar-refractivity contribution < 1.29 is 29.1 Å². The summed E-state index contributed by atoms with van der Waals surface area (Å²) in [6.45, 7) is 2.75. The van der Waals surface area contributed by atoms with Crippen molar-refractivity contribution in [3.05, 3.63) is 29.8 Å². The largest absolute Gasteiger partial charge is 0.496 e. The Labute approximate surface area is 219 Å². The van der Waals surface area contributed by atoms with Crippen LogP contribution in [-0.4, -0.2) is 75.2 Å². The minimum atomic E-state index is -0.677. The van der Waals surface area contributed by atoms with Crippen LogP contribution < -0.4 is 14.8 Å². The van der Waals surface area contributed by atoms with Crippen LogP contribution in [0.15, 0.2) is 29.3 Å². The molecule has 202 valence electrons. The number of nitrogens with two attached hydrogens (primary N) is 1. The van der Waals surface area contributed by atoms with E-state index in [2.05, 4.69) is 15.2 Å². The lowest BCUT2D eigenvalue weighted by molar-refractivity contribution is -0.601. The highest BCUT2D eigenvalue weighted by Gasteiger charge is 2.26. The lowest BCUT2D eigenvalue weighted by atomic mass is 10.1. The van der Waals surface area contributed by atoms with E-state index in [9.17, 15) is 9.59 Å². The van der Waals surface area contributed by atoms with Gasteiger partial charge in [0, 0.05) is 18.3 Å². The number of likely N-dealkylation sites (tertiary alicyclic amines) is 1. The first-order chi connectivity index (χ1) is 17.9. The fourth-order valence-corrected chi connectivity index (χ4v) is 5.03. The highest BCUT2D eigenvalue weighted by molar-refractivity contribution is 6.44. The molecule has 0 unspecified atom stereocenters. The summed E-state index contributed by atoms with van der Waals surface area (Å²) < 4.78 is 16.0. The zero-order valence-corrected chi connectivity index (χ0v) is 22.4. The molecule has 1 saturated heterocycles. The van der Waals surface area contributed by atoms with E-state index in [4.69, 9.17) is 19.6 Å². The minimum Gasteiger partial charge on any atom is -0.496 e. The van der Waals surface area contributed by atoms with Crippen LogP contribution in [0.4, 0.5) is 0 Å². The number of methoxy groups -OCH3 is 3. The van der Waals surface area contributed by atoms with Gasteiger partial charge in [-0.2, -0.15) is 0 Å². The van der Waals surface area contributed by atoms with Crippen molar-refractivity contribution in [1.29, 1.82) is 5.41 Å². The van der Waals surface area contributed by atoms with Gasteiger partial charge in [-0.3, -0.25) is 15.0 Å². The number of amides is 1. The molecule has 1 aliphatic heterocycles. The molecule has 9 nitrogen and oxygen atoms in total. The number of benzene rings is 1. The molecule has 9 heteroatoms. The highest BCUT2D eigenvalue weighted by atomic mass is 16.5. The molecule has 2 fully saturated rings. The third-order valence-corrected chi connectivity index (χ3v) is 7.06. The third-order valence-electron chi connectivity index (χ3n) is 7.06. The number of carbonyl (C=O) groups is 2. The monoisotopic (exact) mass is 513 g/mol. The Morgan fingerprint density at radius 3 is 2.30 bits per heavy atom. The first kappa shape index (κ1) is 28.5. The molecular formula is C28H41N4O5+. The van der Waals surface area contributed by atoms with Crippen LogP contribution in [0.2, 0.25) is 0 Å². The molecule has 37 heavy (non-hydrogen) atoms. The molecule has 0 spiro atoms. The summed E-state index contributed by atoms with van der Waals surface area (Å²) in [5.74, 6) is 0.0954. The number of nitrogens with zero attached hydrogens (tertiary/aromatic N) is 2. The molecule has 1 aromatic rings. The van der Waals surface area contributed by atoms with Crippen LogP contribution in [-0.2, 0) is 14.3 Å². The van der Waals surface area contributed by atoms with Gasteiger partial charge >= 0.3 is 5.97 Å². The van der Waals surface area contributed by atoms with Crippen molar-refractivity contribution in [2.45, 2.75) is 63.8 Å². The van der Waals surface area contributed by atoms with Crippen molar-refractivity contribution in [2.24, 2.45) is 4.99 Å². The summed E-state index contributed by atoms with van der Waals surface area (Å²) in [7, 11) is 4.50. The summed E-state index contributed by atoms with van der Waals surface area (Å²) in [4.78, 5) is 31.6. The van der Waals surface area contributed by atoms with E-state index in [1.54, 1.807) is 20.3 Å². The predicted octanol–water partition coefficient (Wildman–Crippen LogP) is 2.98. The van der Waals surface area contributed by atoms with E-state index in [0.29, 0.717) is 40.9 Å². The number of quaternary nitrogens is 1. The van der Waals surface area contributed by atoms with Crippen molar-refractivity contribution in [1.82, 2.24) is 4.90 Å². The Bertz CT molecular complexity index is 986. The molecule has 2 aliphatic rings. The SMILES string of the molecule is COC(=O)CC(CCN1CCCCC1)=NC(=O)C(=N)C=C([NH2+]C1CCCC1)c1c(OC)cccc1OC. The molecule has 1 aliphatic carbocycles. The molecule has 1 saturated carbocycles. The summed E-state index contributed by atoms with van der Waals surface area (Å²) in [5, 5.41) is 10.7. The first-order valence-electron chi connectivity index (χ1n) is 13.2. The summed E-state index contributed by atoms with van der Waals surface area (Å²) in [5.41, 5.74) is 1.60. The third kappa shape index (κ3) is 8.50. The Balaban J connectivity index is 1.86. The Morgan fingerprint density at radius 2 is 1.70 bits per heavy atom. The molecule has 1 amide bonds. The molecular weight excluding hydrogens is 472 g/mol. The minimum absolute atomic E-state index is 0.0611. The summed E-state index contributed by atoms with van der Waals surface area (Å²) >= 11 is 0. The second kappa shape index (κ2) is 14.6. The van der Waals surface area contributed by atoms with Gasteiger partial charge in [-0.1, -0.05) is 12.5 Å². The quantitative estimate of drug-likeness (QED) is 0.328. The second-order valence-electron chi connectivity index (χ2n) is 9.65. The fourth-order valence-electron chi connectivity index (χ4n) is 5.03. The van der Waals surface area contributed by atoms with Gasteiger partial charge in [0.25, 0.3) is 5.91 Å². The van der Waals surface area contributed by atoms with E-state index in [1.165, 1.54) is 13.5 Å². The van der Waals surface area contributed by atoms with E-state index < -0.39 is 11.9 Å². The maximum absolute atomic E-state index is 13.1. The van der Waals surface area contributed by atoms with E-state index in [1.807, 2.05) is 18.2 Å². The summed E-state index contributed by atoms with van der Waals surface area (Å²) in [6.07, 6.45) is 9.96. The molecule has 3 N–H and O–H groups in total. The van der Waals surface area contributed by atoms with Crippen molar-refractivity contribution in [3.63, 3.8) is 0 Å². The lowest BCUT2D eigenvalue weighted by Crippen LogP contribution is -2.86. The van der Waals surface area contributed by atoms with Crippen LogP contribution in [0, 0.1) is 5.41 Å². The van der Waals surface area contributed by atoms with Gasteiger partial charge in [0.05, 0.1) is 33.8 Å². The number of piperidine rings is 1. The van der Waals surface area contributed by atoms with Crippen molar-refractivity contribution in [3.8, 4) is 11.5 Å². The van der Waals surface area contributed by atoms with E-state index >= 15 is 0 Å². The molecule has 1 aromatic carbocycles. The zero-order valence-electron chi connectivity index (χ0n) is 22.4. The van der Waals surface area contributed by atoms with Crippen molar-refractivity contribution >= 4 is 29.0 Å². The number of hydrogen-bond acceptors (Lipinski definition) is 7. The number of rotatable bonds is 12. The van der Waals surface area contributed by atoms with E-state index in [-0.39, 0.29) is 12.1 Å². The van der Waals surface area contributed by atoms with Crippen LogP contribution in [0.1, 0.15) is 63.4 Å². The maximum atomic E-state index is 13.1.